The molecule has 0 aliphatic heterocycles. The van der Waals surface area contributed by atoms with Crippen LogP contribution >= 0.6 is 0 Å². The molecule has 0 aromatic heterocycles. The SMILES string of the molecule is CC1=Cc2ccccc2[CH]1[Hf]. The summed E-state index contributed by atoms with van der Waals surface area (Å²) in [6, 6.07) is 8.70. The van der Waals surface area contributed by atoms with Crippen molar-refractivity contribution < 1.29 is 24.4 Å². The van der Waals surface area contributed by atoms with E-state index in [1.807, 2.05) is 0 Å². The van der Waals surface area contributed by atoms with Crippen LogP contribution in [0.15, 0.2) is 29.8 Å². The fourth-order valence-electron chi connectivity index (χ4n) is 1.48. The number of allylic oxidation sites excluding steroid dienone is 1. The van der Waals surface area contributed by atoms with E-state index in [0.717, 1.165) is 3.67 Å². The zero-order valence-corrected chi connectivity index (χ0v) is 10.1. The first-order valence-corrected chi connectivity index (χ1v) is 5.84. The Morgan fingerprint density at radius 3 is 2.73 bits per heavy atom. The van der Waals surface area contributed by atoms with Crippen LogP contribution in [0.2, 0.25) is 0 Å². The summed E-state index contributed by atoms with van der Waals surface area (Å²) in [5.74, 6) is 0. The Morgan fingerprint density at radius 2 is 2.00 bits per heavy atom. The second-order valence-electron chi connectivity index (χ2n) is 2.95. The van der Waals surface area contributed by atoms with Crippen LogP contribution in [0.3, 0.4) is 0 Å². The van der Waals surface area contributed by atoms with Gasteiger partial charge >= 0.3 is 82.0 Å². The molecule has 1 aromatic rings. The molecule has 0 N–H and O–H groups in total. The molecule has 0 radical (unpaired) electrons. The molecule has 1 heteroatoms. The summed E-state index contributed by atoms with van der Waals surface area (Å²) >= 11 is 1.24. The van der Waals surface area contributed by atoms with Crippen molar-refractivity contribution in [3.63, 3.8) is 0 Å². The third-order valence-corrected chi connectivity index (χ3v) is 4.90. The number of rotatable bonds is 0. The molecule has 0 spiro atoms. The number of fused-ring (bicyclic) bond motifs is 1. The van der Waals surface area contributed by atoms with Gasteiger partial charge in [-0.1, -0.05) is 0 Å². The minimum atomic E-state index is 0.770. The molecule has 0 heterocycles. The molecule has 2 rings (SSSR count). The second-order valence-corrected chi connectivity index (χ2v) is 5.02. The molecule has 1 aliphatic rings. The molecule has 0 fully saturated rings. The van der Waals surface area contributed by atoms with Crippen molar-refractivity contribution in [3.8, 4) is 0 Å². The first-order valence-electron chi connectivity index (χ1n) is 3.77. The molecule has 0 nitrogen and oxygen atoms in total. The van der Waals surface area contributed by atoms with Crippen LogP contribution < -0.4 is 0 Å². The van der Waals surface area contributed by atoms with Crippen LogP contribution in [0.4, 0.5) is 0 Å². The van der Waals surface area contributed by atoms with E-state index in [4.69, 9.17) is 0 Å². The van der Waals surface area contributed by atoms with E-state index in [0.29, 0.717) is 0 Å². The molecular formula is C10H9Hf. The summed E-state index contributed by atoms with van der Waals surface area (Å²) in [4.78, 5) is 0. The average molecular weight is 308 g/mol. The van der Waals surface area contributed by atoms with Gasteiger partial charge in [-0.2, -0.15) is 0 Å². The van der Waals surface area contributed by atoms with Crippen LogP contribution in [0.5, 0.6) is 0 Å². The quantitative estimate of drug-likeness (QED) is 0.647. The van der Waals surface area contributed by atoms with Gasteiger partial charge in [0, 0.05) is 0 Å². The fraction of sp³-hybridized carbons (Fsp3) is 0.200. The van der Waals surface area contributed by atoms with E-state index < -0.39 is 0 Å². The Morgan fingerprint density at radius 1 is 1.27 bits per heavy atom. The van der Waals surface area contributed by atoms with Gasteiger partial charge in [0.1, 0.15) is 0 Å². The Hall–Kier alpha value is -0.170. The number of benzene rings is 1. The molecule has 1 atom stereocenters. The molecular weight excluding hydrogens is 299 g/mol. The first kappa shape index (κ1) is 7.48. The van der Waals surface area contributed by atoms with Gasteiger partial charge in [-0.15, -0.1) is 0 Å². The van der Waals surface area contributed by atoms with Gasteiger partial charge in [0.15, 0.2) is 0 Å². The monoisotopic (exact) mass is 309 g/mol. The Kier molecular flexibility index (Phi) is 1.84. The first-order chi connectivity index (χ1) is 5.29. The van der Waals surface area contributed by atoms with Crippen molar-refractivity contribution in [2.45, 2.75) is 10.6 Å². The summed E-state index contributed by atoms with van der Waals surface area (Å²) in [6.45, 7) is 2.23. The van der Waals surface area contributed by atoms with E-state index in [9.17, 15) is 0 Å². The van der Waals surface area contributed by atoms with Crippen molar-refractivity contribution in [3.05, 3.63) is 41.0 Å². The van der Waals surface area contributed by atoms with Gasteiger partial charge in [-0.3, -0.25) is 0 Å². The van der Waals surface area contributed by atoms with Gasteiger partial charge in [0.25, 0.3) is 0 Å². The predicted octanol–water partition coefficient (Wildman–Crippen LogP) is 2.69. The van der Waals surface area contributed by atoms with E-state index >= 15 is 0 Å². The van der Waals surface area contributed by atoms with Gasteiger partial charge in [-0.05, 0) is 0 Å². The van der Waals surface area contributed by atoms with Gasteiger partial charge in [-0.25, -0.2) is 0 Å². The van der Waals surface area contributed by atoms with Crippen LogP contribution in [-0.4, -0.2) is 0 Å². The van der Waals surface area contributed by atoms with E-state index in [-0.39, 0.29) is 0 Å². The summed E-state index contributed by atoms with van der Waals surface area (Å²) in [5.41, 5.74) is 4.51. The molecule has 11 heavy (non-hydrogen) atoms. The maximum atomic E-state index is 2.31. The minimum absolute atomic E-state index is 0.770. The van der Waals surface area contributed by atoms with Crippen molar-refractivity contribution in [2.24, 2.45) is 0 Å². The normalized spacial score (nSPS) is 21.1. The Balaban J connectivity index is 2.58. The third kappa shape index (κ3) is 1.16. The van der Waals surface area contributed by atoms with Crippen LogP contribution in [-0.2, 0) is 24.4 Å². The molecule has 0 saturated carbocycles. The van der Waals surface area contributed by atoms with Gasteiger partial charge in [0.2, 0.25) is 0 Å². The maximum absolute atomic E-state index is 2.31. The Labute approximate surface area is 81.9 Å². The average Bonchev–Trinajstić information content (AvgIpc) is 2.30. The van der Waals surface area contributed by atoms with Crippen molar-refractivity contribution >= 4 is 6.08 Å². The zero-order valence-electron chi connectivity index (χ0n) is 6.46. The molecule has 0 saturated heterocycles. The predicted molar refractivity (Wildman–Crippen MR) is 42.8 cm³/mol. The summed E-state index contributed by atoms with van der Waals surface area (Å²) in [7, 11) is 0. The third-order valence-electron chi connectivity index (χ3n) is 2.15. The molecule has 1 unspecified atom stereocenters. The van der Waals surface area contributed by atoms with Gasteiger partial charge in [0.05, 0.1) is 0 Å². The van der Waals surface area contributed by atoms with Crippen molar-refractivity contribution in [1.29, 1.82) is 0 Å². The summed E-state index contributed by atoms with van der Waals surface area (Å²) < 4.78 is 0.770. The molecule has 0 amide bonds. The van der Waals surface area contributed by atoms with Crippen molar-refractivity contribution in [1.82, 2.24) is 0 Å². The Bertz CT molecular complexity index is 312. The summed E-state index contributed by atoms with van der Waals surface area (Å²) in [6.07, 6.45) is 2.31. The number of hydrogen-bond acceptors (Lipinski definition) is 0. The topological polar surface area (TPSA) is 0 Å². The standard InChI is InChI=1S/C10H9.Hf/c1-8-6-9-4-2-3-5-10(9)7-8;/h2-7H,1H3;. The van der Waals surface area contributed by atoms with E-state index in [1.165, 1.54) is 41.1 Å². The van der Waals surface area contributed by atoms with Gasteiger partial charge < -0.3 is 0 Å². The van der Waals surface area contributed by atoms with Crippen LogP contribution in [0.25, 0.3) is 6.08 Å². The van der Waals surface area contributed by atoms with E-state index in [1.54, 1.807) is 0 Å². The summed E-state index contributed by atoms with van der Waals surface area (Å²) in [5, 5.41) is 0. The number of hydrogen-bond donors (Lipinski definition) is 0. The van der Waals surface area contributed by atoms with Crippen LogP contribution in [0.1, 0.15) is 21.7 Å². The van der Waals surface area contributed by atoms with Crippen molar-refractivity contribution in [2.75, 3.05) is 0 Å². The molecule has 0 bridgehead atoms. The van der Waals surface area contributed by atoms with E-state index in [2.05, 4.69) is 37.3 Å². The second kappa shape index (κ2) is 2.71. The molecule has 1 aliphatic carbocycles. The fourth-order valence-corrected chi connectivity index (χ4v) is 2.72. The zero-order chi connectivity index (χ0) is 7.84. The molecule has 1 aromatic carbocycles. The molecule has 53 valence electrons. The van der Waals surface area contributed by atoms with Crippen LogP contribution in [0, 0.1) is 0 Å².